The van der Waals surface area contributed by atoms with E-state index in [0.29, 0.717) is 18.0 Å². The van der Waals surface area contributed by atoms with Gasteiger partial charge < -0.3 is 20.3 Å². The van der Waals surface area contributed by atoms with E-state index in [1.165, 1.54) is 6.42 Å². The van der Waals surface area contributed by atoms with Crippen molar-refractivity contribution in [3.63, 3.8) is 0 Å². The number of anilines is 1. The van der Waals surface area contributed by atoms with Crippen molar-refractivity contribution < 1.29 is 18.7 Å². The van der Waals surface area contributed by atoms with Gasteiger partial charge in [-0.15, -0.1) is 0 Å². The zero-order valence-electron chi connectivity index (χ0n) is 16.6. The Labute approximate surface area is 171 Å². The van der Waals surface area contributed by atoms with Crippen LogP contribution in [0.5, 0.6) is 0 Å². The maximum Gasteiger partial charge on any atom is 0.344 e. The molecule has 0 bridgehead atoms. The molecule has 0 amide bonds. The Morgan fingerprint density at radius 1 is 1.33 bits per heavy atom. The minimum absolute atomic E-state index is 0.109. The molecule has 0 radical (unpaired) electrons. The smallest absolute Gasteiger partial charge is 0.344 e. The number of aromatic carboxylic acids is 1. The Morgan fingerprint density at radius 2 is 2.07 bits per heavy atom. The molecule has 2 heterocycles. The quantitative estimate of drug-likeness (QED) is 0.753. The maximum atomic E-state index is 15.2. The number of carbonyl (C=O) groups is 1. The summed E-state index contributed by atoms with van der Waals surface area (Å²) in [6.45, 7) is 3.32. The number of alkyl halides is 1. The zero-order chi connectivity index (χ0) is 21.2. The van der Waals surface area contributed by atoms with Gasteiger partial charge in [0.1, 0.15) is 6.17 Å². The first kappa shape index (κ1) is 18.3. The van der Waals surface area contributed by atoms with E-state index in [1.807, 2.05) is 0 Å². The van der Waals surface area contributed by atoms with Crippen LogP contribution in [-0.4, -0.2) is 40.4 Å². The number of hydrogen-bond donors (Lipinski definition) is 2. The van der Waals surface area contributed by atoms with Crippen LogP contribution in [0.3, 0.4) is 0 Å². The zero-order valence-corrected chi connectivity index (χ0v) is 16.6. The third-order valence-electron chi connectivity index (χ3n) is 8.21. The number of carboxylic acid groups (broad SMARTS) is 1. The molecular formula is C22H23F2N3O3. The molecule has 2 aromatic rings. The second-order valence-corrected chi connectivity index (χ2v) is 9.70. The van der Waals surface area contributed by atoms with Crippen molar-refractivity contribution in [2.45, 2.75) is 50.4 Å². The van der Waals surface area contributed by atoms with Gasteiger partial charge >= 0.3 is 5.97 Å². The average Bonchev–Trinajstić information content (AvgIpc) is 3.51. The molecule has 6 nitrogen and oxygen atoms in total. The fraction of sp³-hybridized carbons (Fsp3) is 0.545. The standard InChI is InChI=1S/C22H23F2N3O3/c1-10-14(26-8-21-7-11(21)4-5-22(21,25)9-26)3-2-12-17(10)27(15-6-13(15)23)19(24)16(18(12)28)20(29)30/h2-3,11,13,15H,4-9,25H2,1H3,(H,29,30)/t11?,13-,15+,21?,22?/m0/s1. The number of rotatable bonds is 3. The summed E-state index contributed by atoms with van der Waals surface area (Å²) in [5.74, 6) is -2.14. The summed E-state index contributed by atoms with van der Waals surface area (Å²) in [5, 5.41) is 9.49. The Morgan fingerprint density at radius 3 is 2.67 bits per heavy atom. The maximum absolute atomic E-state index is 15.2. The number of carboxylic acids is 1. The van der Waals surface area contributed by atoms with Gasteiger partial charge in [-0.3, -0.25) is 4.79 Å². The van der Waals surface area contributed by atoms with Crippen LogP contribution in [-0.2, 0) is 0 Å². The van der Waals surface area contributed by atoms with Crippen molar-refractivity contribution in [3.8, 4) is 0 Å². The second kappa shape index (κ2) is 5.41. The van der Waals surface area contributed by atoms with E-state index in [0.717, 1.165) is 29.6 Å². The lowest BCUT2D eigenvalue weighted by atomic mass is 9.86. The van der Waals surface area contributed by atoms with E-state index in [1.54, 1.807) is 19.1 Å². The van der Waals surface area contributed by atoms with Gasteiger partial charge in [0, 0.05) is 41.5 Å². The molecule has 30 heavy (non-hydrogen) atoms. The number of fused-ring (bicyclic) bond motifs is 1. The fourth-order valence-corrected chi connectivity index (χ4v) is 6.43. The molecule has 1 aromatic heterocycles. The second-order valence-electron chi connectivity index (χ2n) is 9.70. The lowest BCUT2D eigenvalue weighted by Gasteiger charge is -2.27. The highest BCUT2D eigenvalue weighted by molar-refractivity contribution is 5.95. The SMILES string of the molecule is Cc1c(N2CC3(N)CCC4CC43C2)ccc2c(=O)c(C(=O)O)c(F)n([C@@H]3C[C@@H]3F)c12. The molecule has 3 saturated carbocycles. The predicted octanol–water partition coefficient (Wildman–Crippen LogP) is 2.75. The first-order chi connectivity index (χ1) is 14.2. The van der Waals surface area contributed by atoms with E-state index in [9.17, 15) is 19.1 Å². The predicted molar refractivity (Wildman–Crippen MR) is 107 cm³/mol. The number of nitrogens with two attached hydrogens (primary N) is 1. The van der Waals surface area contributed by atoms with Crippen molar-refractivity contribution in [3.05, 3.63) is 39.4 Å². The largest absolute Gasteiger partial charge is 0.477 e. The van der Waals surface area contributed by atoms with Gasteiger partial charge in [0.05, 0.1) is 11.6 Å². The van der Waals surface area contributed by atoms with Crippen LogP contribution in [0.2, 0.25) is 0 Å². The summed E-state index contributed by atoms with van der Waals surface area (Å²) in [5.41, 5.74) is 6.70. The molecule has 3 unspecified atom stereocenters. The third-order valence-corrected chi connectivity index (χ3v) is 8.21. The van der Waals surface area contributed by atoms with E-state index < -0.39 is 35.1 Å². The Bertz CT molecular complexity index is 1200. The lowest BCUT2D eigenvalue weighted by molar-refractivity contribution is 0.0688. The molecule has 6 rings (SSSR count). The van der Waals surface area contributed by atoms with Gasteiger partial charge in [-0.25, -0.2) is 9.18 Å². The lowest BCUT2D eigenvalue weighted by Crippen LogP contribution is -2.46. The molecule has 1 aromatic carbocycles. The normalized spacial score (nSPS) is 36.1. The van der Waals surface area contributed by atoms with Gasteiger partial charge in [0.15, 0.2) is 5.56 Å². The molecule has 158 valence electrons. The molecule has 1 spiro atoms. The monoisotopic (exact) mass is 415 g/mol. The number of benzene rings is 1. The minimum Gasteiger partial charge on any atom is -0.477 e. The molecule has 3 aliphatic carbocycles. The highest BCUT2D eigenvalue weighted by Crippen LogP contribution is 2.70. The summed E-state index contributed by atoms with van der Waals surface area (Å²) >= 11 is 0. The van der Waals surface area contributed by atoms with E-state index in [2.05, 4.69) is 4.90 Å². The fourth-order valence-electron chi connectivity index (χ4n) is 6.43. The molecule has 1 aliphatic heterocycles. The van der Waals surface area contributed by atoms with Crippen LogP contribution in [0.1, 0.15) is 47.6 Å². The van der Waals surface area contributed by atoms with Crippen molar-refractivity contribution in [1.82, 2.24) is 4.57 Å². The molecule has 4 aliphatic rings. The number of hydrogen-bond acceptors (Lipinski definition) is 4. The highest BCUT2D eigenvalue weighted by atomic mass is 19.1. The van der Waals surface area contributed by atoms with Gasteiger partial charge in [-0.1, -0.05) is 0 Å². The number of pyridine rings is 1. The Balaban J connectivity index is 1.56. The van der Waals surface area contributed by atoms with Gasteiger partial charge in [-0.05, 0) is 49.8 Å². The molecule has 8 heteroatoms. The van der Waals surface area contributed by atoms with Gasteiger partial charge in [0.25, 0.3) is 0 Å². The Kier molecular flexibility index (Phi) is 3.30. The molecule has 3 N–H and O–H groups in total. The highest BCUT2D eigenvalue weighted by Gasteiger charge is 2.72. The minimum atomic E-state index is -1.64. The summed E-state index contributed by atoms with van der Waals surface area (Å²) in [6.07, 6.45) is 2.16. The van der Waals surface area contributed by atoms with Crippen molar-refractivity contribution in [1.29, 1.82) is 0 Å². The first-order valence-electron chi connectivity index (χ1n) is 10.5. The van der Waals surface area contributed by atoms with Gasteiger partial charge in [-0.2, -0.15) is 4.39 Å². The third kappa shape index (κ3) is 2.05. The van der Waals surface area contributed by atoms with Crippen LogP contribution >= 0.6 is 0 Å². The number of aromatic nitrogens is 1. The summed E-state index contributed by atoms with van der Waals surface area (Å²) in [7, 11) is 0. The average molecular weight is 415 g/mol. The molecule has 5 atom stereocenters. The summed E-state index contributed by atoms with van der Waals surface area (Å²) in [6, 6.07) is 2.56. The first-order valence-corrected chi connectivity index (χ1v) is 10.5. The number of aryl methyl sites for hydroxylation is 1. The van der Waals surface area contributed by atoms with Crippen molar-refractivity contribution in [2.75, 3.05) is 18.0 Å². The van der Waals surface area contributed by atoms with E-state index in [4.69, 9.17) is 5.73 Å². The topological polar surface area (TPSA) is 88.6 Å². The van der Waals surface area contributed by atoms with E-state index in [-0.39, 0.29) is 28.3 Å². The van der Waals surface area contributed by atoms with E-state index >= 15 is 4.39 Å². The molecule has 1 saturated heterocycles. The van der Waals surface area contributed by atoms with Gasteiger partial charge in [0.2, 0.25) is 11.4 Å². The summed E-state index contributed by atoms with van der Waals surface area (Å²) < 4.78 is 30.2. The van der Waals surface area contributed by atoms with Crippen molar-refractivity contribution in [2.24, 2.45) is 17.1 Å². The van der Waals surface area contributed by atoms with Crippen LogP contribution in [0.4, 0.5) is 14.5 Å². The van der Waals surface area contributed by atoms with Crippen LogP contribution in [0.25, 0.3) is 10.9 Å². The van der Waals surface area contributed by atoms with Crippen LogP contribution < -0.4 is 16.1 Å². The van der Waals surface area contributed by atoms with Crippen LogP contribution in [0, 0.1) is 24.2 Å². The number of halogens is 2. The summed E-state index contributed by atoms with van der Waals surface area (Å²) in [4.78, 5) is 26.5. The molecular weight excluding hydrogens is 392 g/mol. The molecule has 4 fully saturated rings. The van der Waals surface area contributed by atoms with Crippen molar-refractivity contribution >= 4 is 22.6 Å². The van der Waals surface area contributed by atoms with Crippen LogP contribution in [0.15, 0.2) is 16.9 Å². The number of nitrogens with zero attached hydrogens (tertiary/aromatic N) is 2. The Hall–Kier alpha value is -2.48.